The molecule has 8 heteroatoms. The van der Waals surface area contributed by atoms with Crippen molar-refractivity contribution in [1.82, 2.24) is 29.7 Å². The van der Waals surface area contributed by atoms with Crippen molar-refractivity contribution < 1.29 is 0 Å². The van der Waals surface area contributed by atoms with Crippen LogP contribution in [0.2, 0.25) is 0 Å². The van der Waals surface area contributed by atoms with E-state index in [4.69, 9.17) is 0 Å². The van der Waals surface area contributed by atoms with E-state index in [-0.39, 0.29) is 0 Å². The molecule has 1 aliphatic rings. The van der Waals surface area contributed by atoms with E-state index >= 15 is 0 Å². The van der Waals surface area contributed by atoms with Crippen molar-refractivity contribution in [2.24, 2.45) is 5.92 Å². The van der Waals surface area contributed by atoms with Crippen LogP contribution in [0, 0.1) is 5.92 Å². The van der Waals surface area contributed by atoms with E-state index in [0.29, 0.717) is 17.8 Å². The van der Waals surface area contributed by atoms with Gasteiger partial charge in [0, 0.05) is 13.1 Å². The zero-order valence-electron chi connectivity index (χ0n) is 12.2. The van der Waals surface area contributed by atoms with E-state index in [1.54, 1.807) is 6.33 Å². The fourth-order valence-corrected chi connectivity index (χ4v) is 2.55. The lowest BCUT2D eigenvalue weighted by molar-refractivity contribution is 0.577. The Labute approximate surface area is 123 Å². The monoisotopic (exact) mass is 288 g/mol. The summed E-state index contributed by atoms with van der Waals surface area (Å²) in [6, 6.07) is 0. The highest BCUT2D eigenvalue weighted by molar-refractivity contribution is 5.37. The average molecular weight is 288 g/mol. The standard InChI is InChI=1S/C13H20N8/c1-2-15-11-18-12(16-7-10-5-3-4-6-10)20-13(19-11)21-9-14-8-17-21/h8-10H,2-7H2,1H3,(H2,15,16,18,19,20). The Balaban J connectivity index is 1.77. The summed E-state index contributed by atoms with van der Waals surface area (Å²) < 4.78 is 1.53. The van der Waals surface area contributed by atoms with Gasteiger partial charge in [-0.15, -0.1) is 0 Å². The molecule has 0 atom stereocenters. The maximum Gasteiger partial charge on any atom is 0.258 e. The van der Waals surface area contributed by atoms with Crippen LogP contribution >= 0.6 is 0 Å². The molecular weight excluding hydrogens is 268 g/mol. The first-order chi connectivity index (χ1) is 10.3. The number of hydrogen-bond acceptors (Lipinski definition) is 7. The molecule has 1 aliphatic carbocycles. The van der Waals surface area contributed by atoms with Crippen molar-refractivity contribution in [3.05, 3.63) is 12.7 Å². The van der Waals surface area contributed by atoms with E-state index in [1.807, 2.05) is 6.92 Å². The predicted molar refractivity (Wildman–Crippen MR) is 79.4 cm³/mol. The molecule has 0 aromatic carbocycles. The molecule has 1 saturated carbocycles. The lowest BCUT2D eigenvalue weighted by Crippen LogP contribution is -2.16. The molecule has 0 spiro atoms. The largest absolute Gasteiger partial charge is 0.354 e. The van der Waals surface area contributed by atoms with Crippen LogP contribution in [-0.2, 0) is 0 Å². The Kier molecular flexibility index (Phi) is 4.23. The summed E-state index contributed by atoms with van der Waals surface area (Å²) in [7, 11) is 0. The first-order valence-electron chi connectivity index (χ1n) is 7.44. The van der Waals surface area contributed by atoms with Crippen molar-refractivity contribution in [2.45, 2.75) is 32.6 Å². The van der Waals surface area contributed by atoms with Gasteiger partial charge in [-0.2, -0.15) is 24.7 Å². The second kappa shape index (κ2) is 6.47. The molecule has 1 fully saturated rings. The summed E-state index contributed by atoms with van der Waals surface area (Å²) in [5.74, 6) is 2.32. The van der Waals surface area contributed by atoms with Gasteiger partial charge in [-0.3, -0.25) is 0 Å². The number of rotatable bonds is 6. The van der Waals surface area contributed by atoms with Crippen LogP contribution in [0.5, 0.6) is 0 Å². The summed E-state index contributed by atoms with van der Waals surface area (Å²) in [6.45, 7) is 3.67. The molecule has 2 N–H and O–H groups in total. The normalized spacial score (nSPS) is 15.3. The highest BCUT2D eigenvalue weighted by Crippen LogP contribution is 2.24. The molecule has 0 radical (unpaired) electrons. The van der Waals surface area contributed by atoms with E-state index in [9.17, 15) is 0 Å². The number of aromatic nitrogens is 6. The third-order valence-corrected chi connectivity index (χ3v) is 3.61. The third kappa shape index (κ3) is 3.45. The van der Waals surface area contributed by atoms with Gasteiger partial charge in [0.15, 0.2) is 0 Å². The molecule has 2 heterocycles. The summed E-state index contributed by atoms with van der Waals surface area (Å²) in [4.78, 5) is 17.1. The van der Waals surface area contributed by atoms with Crippen LogP contribution in [0.25, 0.3) is 5.95 Å². The van der Waals surface area contributed by atoms with Crippen molar-refractivity contribution >= 4 is 11.9 Å². The number of anilines is 2. The molecule has 112 valence electrons. The van der Waals surface area contributed by atoms with Crippen molar-refractivity contribution in [3.63, 3.8) is 0 Å². The number of hydrogen-bond donors (Lipinski definition) is 2. The van der Waals surface area contributed by atoms with Crippen LogP contribution in [0.4, 0.5) is 11.9 Å². The SMILES string of the molecule is CCNc1nc(NCC2CCCC2)nc(-n2cncn2)n1. The predicted octanol–water partition coefficient (Wildman–Crippen LogP) is 1.49. The summed E-state index contributed by atoms with van der Waals surface area (Å²) in [5, 5.41) is 10.5. The van der Waals surface area contributed by atoms with E-state index in [1.165, 1.54) is 36.7 Å². The van der Waals surface area contributed by atoms with Crippen molar-refractivity contribution in [2.75, 3.05) is 23.7 Å². The second-order valence-corrected chi connectivity index (χ2v) is 5.18. The van der Waals surface area contributed by atoms with Crippen LogP contribution < -0.4 is 10.6 Å². The lowest BCUT2D eigenvalue weighted by Gasteiger charge is -2.12. The molecule has 0 bridgehead atoms. The minimum Gasteiger partial charge on any atom is -0.354 e. The Hall–Kier alpha value is -2.25. The molecule has 21 heavy (non-hydrogen) atoms. The Morgan fingerprint density at radius 1 is 1.14 bits per heavy atom. The Morgan fingerprint density at radius 2 is 1.90 bits per heavy atom. The molecular formula is C13H20N8. The topological polar surface area (TPSA) is 93.4 Å². The molecule has 2 aromatic rings. The van der Waals surface area contributed by atoms with Crippen molar-refractivity contribution in [1.29, 1.82) is 0 Å². The zero-order valence-corrected chi connectivity index (χ0v) is 12.2. The molecule has 0 aliphatic heterocycles. The van der Waals surface area contributed by atoms with Gasteiger partial charge in [0.1, 0.15) is 12.7 Å². The van der Waals surface area contributed by atoms with E-state index in [2.05, 4.69) is 35.7 Å². The lowest BCUT2D eigenvalue weighted by atomic mass is 10.1. The maximum atomic E-state index is 4.41. The summed E-state index contributed by atoms with van der Waals surface area (Å²) in [5.41, 5.74) is 0. The quantitative estimate of drug-likeness (QED) is 0.831. The van der Waals surface area contributed by atoms with Crippen LogP contribution in [-0.4, -0.2) is 42.8 Å². The molecule has 8 nitrogen and oxygen atoms in total. The van der Waals surface area contributed by atoms with Gasteiger partial charge in [-0.05, 0) is 25.7 Å². The molecule has 0 unspecified atom stereocenters. The highest BCUT2D eigenvalue weighted by Gasteiger charge is 2.15. The maximum absolute atomic E-state index is 4.41. The van der Waals surface area contributed by atoms with Gasteiger partial charge in [0.25, 0.3) is 5.95 Å². The Bertz CT molecular complexity index is 562. The van der Waals surface area contributed by atoms with Crippen molar-refractivity contribution in [3.8, 4) is 5.95 Å². The molecule has 0 amide bonds. The summed E-state index contributed by atoms with van der Waals surface area (Å²) >= 11 is 0. The number of nitrogens with zero attached hydrogens (tertiary/aromatic N) is 6. The Morgan fingerprint density at radius 3 is 2.57 bits per heavy atom. The van der Waals surface area contributed by atoms with Gasteiger partial charge in [-0.1, -0.05) is 12.8 Å². The van der Waals surface area contributed by atoms with Gasteiger partial charge in [-0.25, -0.2) is 4.98 Å². The minimum absolute atomic E-state index is 0.465. The first-order valence-corrected chi connectivity index (χ1v) is 7.44. The smallest absolute Gasteiger partial charge is 0.258 e. The molecule has 2 aromatic heterocycles. The van der Waals surface area contributed by atoms with Gasteiger partial charge in [0.2, 0.25) is 11.9 Å². The van der Waals surface area contributed by atoms with E-state index < -0.39 is 0 Å². The van der Waals surface area contributed by atoms with Gasteiger partial charge < -0.3 is 10.6 Å². The molecule has 0 saturated heterocycles. The molecule has 3 rings (SSSR count). The fourth-order valence-electron chi connectivity index (χ4n) is 2.55. The van der Waals surface area contributed by atoms with E-state index in [0.717, 1.165) is 19.0 Å². The van der Waals surface area contributed by atoms with Crippen LogP contribution in [0.15, 0.2) is 12.7 Å². The fraction of sp³-hybridized carbons (Fsp3) is 0.615. The zero-order chi connectivity index (χ0) is 14.5. The second-order valence-electron chi connectivity index (χ2n) is 5.18. The average Bonchev–Trinajstić information content (AvgIpc) is 3.19. The van der Waals surface area contributed by atoms with Crippen LogP contribution in [0.1, 0.15) is 32.6 Å². The highest BCUT2D eigenvalue weighted by atomic mass is 15.4. The van der Waals surface area contributed by atoms with Crippen LogP contribution in [0.3, 0.4) is 0 Å². The number of nitrogens with one attached hydrogen (secondary N) is 2. The minimum atomic E-state index is 0.465. The van der Waals surface area contributed by atoms with Gasteiger partial charge in [0.05, 0.1) is 0 Å². The first kappa shape index (κ1) is 13.7. The third-order valence-electron chi connectivity index (χ3n) is 3.61. The van der Waals surface area contributed by atoms with Gasteiger partial charge >= 0.3 is 0 Å². The summed E-state index contributed by atoms with van der Waals surface area (Å²) in [6.07, 6.45) is 8.27.